The zero-order valence-electron chi connectivity index (χ0n) is 10.6. The number of hydrogen-bond donors (Lipinski definition) is 2. The Morgan fingerprint density at radius 2 is 1.90 bits per heavy atom. The van der Waals surface area contributed by atoms with Crippen LogP contribution in [-0.2, 0) is 6.18 Å². The van der Waals surface area contributed by atoms with Gasteiger partial charge < -0.3 is 10.6 Å². The first-order valence-electron chi connectivity index (χ1n) is 5.65. The van der Waals surface area contributed by atoms with E-state index in [2.05, 4.69) is 36.5 Å². The quantitative estimate of drug-likeness (QED) is 0.809. The number of anilines is 3. The first kappa shape index (κ1) is 15.8. The van der Waals surface area contributed by atoms with Crippen LogP contribution in [0.25, 0.3) is 0 Å². The minimum Gasteiger partial charge on any atom is -0.357 e. The van der Waals surface area contributed by atoms with Crippen LogP contribution in [0.5, 0.6) is 0 Å². The highest BCUT2D eigenvalue weighted by atomic mass is 79.9. The molecule has 0 radical (unpaired) electrons. The van der Waals surface area contributed by atoms with Gasteiger partial charge in [0.2, 0.25) is 5.95 Å². The maximum absolute atomic E-state index is 12.8. The number of nitrogens with one attached hydrogen (secondary N) is 2. The van der Waals surface area contributed by atoms with E-state index in [-0.39, 0.29) is 11.8 Å². The summed E-state index contributed by atoms with van der Waals surface area (Å²) in [5, 5.41) is 5.59. The predicted octanol–water partition coefficient (Wildman–Crippen LogP) is 4.70. The van der Waals surface area contributed by atoms with Gasteiger partial charge in [0.15, 0.2) is 5.69 Å². The summed E-state index contributed by atoms with van der Waals surface area (Å²) >= 11 is 9.25. The normalized spacial score (nSPS) is 11.3. The largest absolute Gasteiger partial charge is 0.433 e. The molecule has 2 rings (SSSR count). The maximum Gasteiger partial charge on any atom is 0.433 e. The van der Waals surface area contributed by atoms with Gasteiger partial charge in [0.05, 0.1) is 10.7 Å². The number of aromatic nitrogens is 2. The van der Waals surface area contributed by atoms with Crippen LogP contribution in [0.4, 0.5) is 30.6 Å². The average Bonchev–Trinajstić information content (AvgIpc) is 2.41. The highest BCUT2D eigenvalue weighted by Crippen LogP contribution is 2.32. The number of hydrogen-bond acceptors (Lipinski definition) is 4. The number of rotatable bonds is 3. The van der Waals surface area contributed by atoms with E-state index in [4.69, 9.17) is 11.6 Å². The molecule has 1 aromatic heterocycles. The lowest BCUT2D eigenvalue weighted by Crippen LogP contribution is -2.12. The van der Waals surface area contributed by atoms with Gasteiger partial charge in [-0.25, -0.2) is 4.98 Å². The summed E-state index contributed by atoms with van der Waals surface area (Å²) in [6.07, 6.45) is -4.56. The third kappa shape index (κ3) is 3.98. The van der Waals surface area contributed by atoms with Crippen LogP contribution in [0.3, 0.4) is 0 Å². The van der Waals surface area contributed by atoms with Crippen molar-refractivity contribution in [2.24, 2.45) is 0 Å². The average molecular weight is 382 g/mol. The molecule has 4 nitrogen and oxygen atoms in total. The Hall–Kier alpha value is -1.54. The highest BCUT2D eigenvalue weighted by Gasteiger charge is 2.33. The van der Waals surface area contributed by atoms with E-state index in [9.17, 15) is 13.2 Å². The van der Waals surface area contributed by atoms with Gasteiger partial charge in [-0.3, -0.25) is 0 Å². The van der Waals surface area contributed by atoms with Gasteiger partial charge in [-0.2, -0.15) is 18.2 Å². The van der Waals surface area contributed by atoms with Crippen molar-refractivity contribution in [3.8, 4) is 0 Å². The molecule has 112 valence electrons. The van der Waals surface area contributed by atoms with E-state index >= 15 is 0 Å². The lowest BCUT2D eigenvalue weighted by atomic mass is 10.3. The zero-order valence-corrected chi connectivity index (χ0v) is 12.9. The number of alkyl halides is 3. The maximum atomic E-state index is 12.8. The first-order chi connectivity index (χ1) is 9.79. The van der Waals surface area contributed by atoms with E-state index in [1.54, 1.807) is 18.2 Å². The van der Waals surface area contributed by atoms with Crippen LogP contribution in [0.15, 0.2) is 28.7 Å². The van der Waals surface area contributed by atoms with Gasteiger partial charge in [-0.1, -0.05) is 27.5 Å². The van der Waals surface area contributed by atoms with Crippen LogP contribution in [-0.4, -0.2) is 17.0 Å². The molecule has 1 aromatic carbocycles. The van der Waals surface area contributed by atoms with Crippen molar-refractivity contribution in [1.82, 2.24) is 9.97 Å². The lowest BCUT2D eigenvalue weighted by molar-refractivity contribution is -0.141. The summed E-state index contributed by atoms with van der Waals surface area (Å²) in [4.78, 5) is 7.30. The minimum absolute atomic E-state index is 0.0123. The number of halogens is 5. The second kappa shape index (κ2) is 6.07. The van der Waals surface area contributed by atoms with E-state index in [1.807, 2.05) is 0 Å². The molecule has 0 saturated heterocycles. The molecule has 1 heterocycles. The predicted molar refractivity (Wildman–Crippen MR) is 79.0 cm³/mol. The molecule has 9 heteroatoms. The molecular weight excluding hydrogens is 373 g/mol. The van der Waals surface area contributed by atoms with E-state index in [0.29, 0.717) is 10.7 Å². The smallest absolute Gasteiger partial charge is 0.357 e. The summed E-state index contributed by atoms with van der Waals surface area (Å²) in [5.74, 6) is -0.153. The number of benzene rings is 1. The molecular formula is C12H9BrClF3N4. The zero-order chi connectivity index (χ0) is 15.6. The first-order valence-corrected chi connectivity index (χ1v) is 6.83. The second-order valence-corrected chi connectivity index (χ2v) is 5.28. The Kier molecular flexibility index (Phi) is 4.58. The van der Waals surface area contributed by atoms with Gasteiger partial charge >= 0.3 is 6.18 Å². The Morgan fingerprint density at radius 1 is 1.19 bits per heavy atom. The van der Waals surface area contributed by atoms with Crippen LogP contribution in [0.1, 0.15) is 5.69 Å². The SMILES string of the molecule is CNc1nc(Nc2cc(Br)ccc2Cl)cc(C(F)(F)F)n1. The lowest BCUT2D eigenvalue weighted by Gasteiger charge is -2.12. The molecule has 0 fully saturated rings. The van der Waals surface area contributed by atoms with Gasteiger partial charge in [0, 0.05) is 17.6 Å². The molecule has 0 aliphatic carbocycles. The Bertz CT molecular complexity index is 663. The third-order valence-corrected chi connectivity index (χ3v) is 3.25. The van der Waals surface area contributed by atoms with E-state index in [1.165, 1.54) is 7.05 Å². The summed E-state index contributed by atoms with van der Waals surface area (Å²) in [5.41, 5.74) is -0.615. The summed E-state index contributed by atoms with van der Waals surface area (Å²) in [6.45, 7) is 0. The Morgan fingerprint density at radius 3 is 2.52 bits per heavy atom. The molecule has 0 spiro atoms. The van der Waals surface area contributed by atoms with Gasteiger partial charge in [-0.05, 0) is 18.2 Å². The summed E-state index contributed by atoms with van der Waals surface area (Å²) in [6, 6.07) is 5.78. The van der Waals surface area contributed by atoms with Crippen molar-refractivity contribution in [2.75, 3.05) is 17.7 Å². The second-order valence-electron chi connectivity index (χ2n) is 3.96. The van der Waals surface area contributed by atoms with Gasteiger partial charge in [-0.15, -0.1) is 0 Å². The van der Waals surface area contributed by atoms with Crippen molar-refractivity contribution < 1.29 is 13.2 Å². The summed E-state index contributed by atoms with van der Waals surface area (Å²) < 4.78 is 39.1. The molecule has 0 bridgehead atoms. The van der Waals surface area contributed by atoms with Crippen molar-refractivity contribution in [2.45, 2.75) is 6.18 Å². The molecule has 0 aliphatic rings. The molecule has 0 unspecified atom stereocenters. The molecule has 0 amide bonds. The molecule has 0 saturated carbocycles. The molecule has 0 atom stereocenters. The molecule has 2 aromatic rings. The topological polar surface area (TPSA) is 49.8 Å². The fourth-order valence-corrected chi connectivity index (χ4v) is 2.03. The number of nitrogens with zero attached hydrogens (tertiary/aromatic N) is 2. The van der Waals surface area contributed by atoms with Crippen molar-refractivity contribution in [3.63, 3.8) is 0 Å². The van der Waals surface area contributed by atoms with Gasteiger partial charge in [0.1, 0.15) is 5.82 Å². The van der Waals surface area contributed by atoms with Crippen LogP contribution < -0.4 is 10.6 Å². The summed E-state index contributed by atoms with van der Waals surface area (Å²) in [7, 11) is 1.44. The monoisotopic (exact) mass is 380 g/mol. The van der Waals surface area contributed by atoms with E-state index in [0.717, 1.165) is 10.5 Å². The van der Waals surface area contributed by atoms with Crippen molar-refractivity contribution in [1.29, 1.82) is 0 Å². The molecule has 0 aliphatic heterocycles. The van der Waals surface area contributed by atoms with Crippen molar-refractivity contribution in [3.05, 3.63) is 39.5 Å². The van der Waals surface area contributed by atoms with Crippen molar-refractivity contribution >= 4 is 45.0 Å². The fraction of sp³-hybridized carbons (Fsp3) is 0.167. The van der Waals surface area contributed by atoms with Gasteiger partial charge in [0.25, 0.3) is 0 Å². The molecule has 21 heavy (non-hydrogen) atoms. The van der Waals surface area contributed by atoms with Crippen LogP contribution >= 0.6 is 27.5 Å². The Labute approximate surface area is 131 Å². The van der Waals surface area contributed by atoms with E-state index < -0.39 is 11.9 Å². The van der Waals surface area contributed by atoms with Crippen LogP contribution in [0.2, 0.25) is 5.02 Å². The third-order valence-electron chi connectivity index (χ3n) is 2.43. The molecule has 2 N–H and O–H groups in total. The standard InChI is InChI=1S/C12H9BrClF3N4/c1-18-11-20-9(12(15,16)17)5-10(21-11)19-8-4-6(13)2-3-7(8)14/h2-5H,1H3,(H2,18,19,20,21). The minimum atomic E-state index is -4.56. The van der Waals surface area contributed by atoms with Crippen LogP contribution in [0, 0.1) is 0 Å². The fourth-order valence-electron chi connectivity index (χ4n) is 1.50. The Balaban J connectivity index is 2.42. The highest BCUT2D eigenvalue weighted by molar-refractivity contribution is 9.10.